The molecule has 2 amide bonds. The Morgan fingerprint density at radius 3 is 2.31 bits per heavy atom. The summed E-state index contributed by atoms with van der Waals surface area (Å²) in [6, 6.07) is -4.22. The number of urea groups is 1. The van der Waals surface area contributed by atoms with E-state index in [9.17, 15) is 35.5 Å². The van der Waals surface area contributed by atoms with Gasteiger partial charge in [-0.25, -0.2) is 9.86 Å². The number of ether oxygens (including phenoxy) is 3. The van der Waals surface area contributed by atoms with E-state index in [1.165, 1.54) is 0 Å². The van der Waals surface area contributed by atoms with Gasteiger partial charge in [0.1, 0.15) is 24.4 Å². The Labute approximate surface area is 243 Å². The highest BCUT2D eigenvalue weighted by Gasteiger charge is 2.54. The van der Waals surface area contributed by atoms with Crippen molar-refractivity contribution in [1.82, 2.24) is 21.0 Å². The van der Waals surface area contributed by atoms with Gasteiger partial charge in [0.15, 0.2) is 6.29 Å². The molecule has 17 N–H and O–H groups in total. The molecule has 0 aromatic carbocycles. The standard InChI is InChI=1S/C24H48N8O10/c25-1-2-32(39)24(38)31-11-3-10(27)16(21-12(30-9-6-29-7-9)4-13(34)14(5-26)40-21)19(36)22(11)42-23-20(37)17(28)18(35)15(8-33)41-23/h9-23,29-30,33-37,39H,1-8,25-28H2,(H,31,38). The molecule has 1 aliphatic carbocycles. The van der Waals surface area contributed by atoms with Gasteiger partial charge in [0.05, 0.1) is 49.7 Å². The first-order valence-corrected chi connectivity index (χ1v) is 14.4. The van der Waals surface area contributed by atoms with Crippen molar-refractivity contribution in [2.45, 2.75) is 98.2 Å². The van der Waals surface area contributed by atoms with Gasteiger partial charge in [0, 0.05) is 50.2 Å². The molecule has 0 bridgehead atoms. The number of carbonyl (C=O) groups is 1. The number of aliphatic hydroxyl groups is 5. The van der Waals surface area contributed by atoms with Crippen molar-refractivity contribution in [3.05, 3.63) is 0 Å². The van der Waals surface area contributed by atoms with Crippen molar-refractivity contribution in [2.75, 3.05) is 39.3 Å². The molecule has 3 aliphatic heterocycles. The molecule has 3 saturated heterocycles. The fraction of sp³-hybridized carbons (Fsp3) is 0.958. The Balaban J connectivity index is 1.62. The highest BCUT2D eigenvalue weighted by Crippen LogP contribution is 2.37. The summed E-state index contributed by atoms with van der Waals surface area (Å²) in [6.07, 6.45) is -10.3. The fourth-order valence-electron chi connectivity index (χ4n) is 6.27. The number of hydroxylamine groups is 2. The highest BCUT2D eigenvalue weighted by atomic mass is 16.7. The van der Waals surface area contributed by atoms with E-state index in [1.54, 1.807) is 0 Å². The van der Waals surface area contributed by atoms with E-state index in [4.69, 9.17) is 37.1 Å². The molecular weight excluding hydrogens is 560 g/mol. The van der Waals surface area contributed by atoms with Crippen LogP contribution in [0.3, 0.4) is 0 Å². The summed E-state index contributed by atoms with van der Waals surface area (Å²) < 4.78 is 17.9. The zero-order valence-electron chi connectivity index (χ0n) is 23.4. The Kier molecular flexibility index (Phi) is 11.7. The number of hydrogen-bond acceptors (Lipinski definition) is 16. The smallest absolute Gasteiger partial charge is 0.341 e. The quantitative estimate of drug-likeness (QED) is 0.0809. The fourth-order valence-corrected chi connectivity index (χ4v) is 6.27. The molecule has 4 aliphatic rings. The molecule has 0 aromatic heterocycles. The normalized spacial score (nSPS) is 44.8. The SMILES string of the molecule is NCCN(O)C(=O)NC1CC(N)C(C2OC(CN)C(O)CC2NC2CNC2)C(O)C1OC1OC(CO)C(O)C(N)C1O. The summed E-state index contributed by atoms with van der Waals surface area (Å²) in [5.41, 5.74) is 23.9. The van der Waals surface area contributed by atoms with Gasteiger partial charge in [0.25, 0.3) is 0 Å². The number of nitrogens with zero attached hydrogens (tertiary/aromatic N) is 1. The Hall–Kier alpha value is -1.33. The average molecular weight is 609 g/mol. The lowest BCUT2D eigenvalue weighted by Gasteiger charge is -2.52. The Morgan fingerprint density at radius 2 is 1.71 bits per heavy atom. The maximum atomic E-state index is 12.7. The van der Waals surface area contributed by atoms with Gasteiger partial charge >= 0.3 is 6.03 Å². The van der Waals surface area contributed by atoms with Crippen molar-refractivity contribution in [3.63, 3.8) is 0 Å². The number of rotatable bonds is 10. The van der Waals surface area contributed by atoms with Crippen LogP contribution in [0.4, 0.5) is 4.79 Å². The van der Waals surface area contributed by atoms with Gasteiger partial charge in [-0.05, 0) is 12.8 Å². The highest BCUT2D eigenvalue weighted by molar-refractivity contribution is 5.73. The zero-order valence-corrected chi connectivity index (χ0v) is 23.4. The van der Waals surface area contributed by atoms with Crippen molar-refractivity contribution < 1.29 is 49.7 Å². The monoisotopic (exact) mass is 608 g/mol. The second-order valence-electron chi connectivity index (χ2n) is 11.6. The summed E-state index contributed by atoms with van der Waals surface area (Å²) in [5, 5.41) is 72.8. The van der Waals surface area contributed by atoms with Gasteiger partial charge in [-0.2, -0.15) is 0 Å². The Morgan fingerprint density at radius 1 is 1.00 bits per heavy atom. The number of nitrogens with one attached hydrogen (secondary N) is 3. The minimum absolute atomic E-state index is 0.0122. The molecule has 1 saturated carbocycles. The van der Waals surface area contributed by atoms with Gasteiger partial charge in [0.2, 0.25) is 0 Å². The van der Waals surface area contributed by atoms with Crippen LogP contribution >= 0.6 is 0 Å². The second kappa shape index (κ2) is 14.6. The molecule has 18 nitrogen and oxygen atoms in total. The minimum Gasteiger partial charge on any atom is -0.394 e. The van der Waals surface area contributed by atoms with Crippen LogP contribution in [-0.4, -0.2) is 166 Å². The third-order valence-corrected chi connectivity index (χ3v) is 8.76. The summed E-state index contributed by atoms with van der Waals surface area (Å²) in [7, 11) is 0. The van der Waals surface area contributed by atoms with Crippen LogP contribution in [0, 0.1) is 5.92 Å². The molecule has 244 valence electrons. The van der Waals surface area contributed by atoms with Crippen LogP contribution in [0.1, 0.15) is 12.8 Å². The van der Waals surface area contributed by atoms with E-state index < -0.39 is 97.8 Å². The molecule has 0 radical (unpaired) electrons. The predicted octanol–water partition coefficient (Wildman–Crippen LogP) is -7.02. The number of nitrogens with two attached hydrogens (primary N) is 4. The van der Waals surface area contributed by atoms with Crippen LogP contribution in [0.5, 0.6) is 0 Å². The third-order valence-electron chi connectivity index (χ3n) is 8.76. The molecule has 14 atom stereocenters. The van der Waals surface area contributed by atoms with Gasteiger partial charge < -0.3 is 78.6 Å². The van der Waals surface area contributed by atoms with Gasteiger partial charge in [-0.15, -0.1) is 0 Å². The topological polar surface area (TPSA) is 310 Å². The van der Waals surface area contributed by atoms with E-state index in [2.05, 4.69) is 16.0 Å². The summed E-state index contributed by atoms with van der Waals surface area (Å²) in [4.78, 5) is 12.7. The molecule has 18 heteroatoms. The van der Waals surface area contributed by atoms with E-state index in [1.807, 2.05) is 0 Å². The maximum absolute atomic E-state index is 12.7. The maximum Gasteiger partial charge on any atom is 0.341 e. The molecule has 4 rings (SSSR count). The number of amides is 2. The number of hydrogen-bond donors (Lipinski definition) is 13. The first-order valence-electron chi connectivity index (χ1n) is 14.4. The third kappa shape index (κ3) is 7.14. The van der Waals surface area contributed by atoms with Crippen molar-refractivity contribution in [3.8, 4) is 0 Å². The van der Waals surface area contributed by atoms with E-state index in [-0.39, 0.29) is 32.1 Å². The lowest BCUT2D eigenvalue weighted by atomic mass is 9.71. The molecule has 0 aromatic rings. The van der Waals surface area contributed by atoms with Crippen molar-refractivity contribution in [1.29, 1.82) is 0 Å². The van der Waals surface area contributed by atoms with Crippen LogP contribution < -0.4 is 38.9 Å². The lowest BCUT2D eigenvalue weighted by Crippen LogP contribution is -2.71. The molecular formula is C24H48N8O10. The van der Waals surface area contributed by atoms with Crippen LogP contribution in [0.25, 0.3) is 0 Å². The first-order chi connectivity index (χ1) is 20.0. The number of aliphatic hydroxyl groups excluding tert-OH is 5. The molecule has 42 heavy (non-hydrogen) atoms. The lowest BCUT2D eigenvalue weighted by molar-refractivity contribution is -0.306. The van der Waals surface area contributed by atoms with E-state index in [0.717, 1.165) is 0 Å². The van der Waals surface area contributed by atoms with Crippen LogP contribution in [0.2, 0.25) is 0 Å². The van der Waals surface area contributed by atoms with Crippen molar-refractivity contribution >= 4 is 6.03 Å². The van der Waals surface area contributed by atoms with Gasteiger partial charge in [-0.1, -0.05) is 0 Å². The van der Waals surface area contributed by atoms with E-state index >= 15 is 0 Å². The average Bonchev–Trinajstić information content (AvgIpc) is 2.93. The second-order valence-corrected chi connectivity index (χ2v) is 11.6. The number of carbonyl (C=O) groups excluding carboxylic acids is 1. The Bertz CT molecular complexity index is 877. The first kappa shape index (κ1) is 33.6. The summed E-state index contributed by atoms with van der Waals surface area (Å²) >= 11 is 0. The predicted molar refractivity (Wildman–Crippen MR) is 144 cm³/mol. The van der Waals surface area contributed by atoms with Crippen LogP contribution in [-0.2, 0) is 14.2 Å². The minimum atomic E-state index is -1.56. The molecule has 4 fully saturated rings. The van der Waals surface area contributed by atoms with E-state index in [0.29, 0.717) is 24.6 Å². The summed E-state index contributed by atoms with van der Waals surface area (Å²) in [5.74, 6) is -0.807. The van der Waals surface area contributed by atoms with Crippen molar-refractivity contribution in [2.24, 2.45) is 28.9 Å². The molecule has 14 unspecified atom stereocenters. The molecule has 3 heterocycles. The summed E-state index contributed by atoms with van der Waals surface area (Å²) in [6.45, 7) is 0.663. The van der Waals surface area contributed by atoms with Gasteiger partial charge in [-0.3, -0.25) is 5.21 Å². The zero-order chi connectivity index (χ0) is 30.7. The van der Waals surface area contributed by atoms with Crippen LogP contribution in [0.15, 0.2) is 0 Å². The largest absolute Gasteiger partial charge is 0.394 e. The molecule has 0 spiro atoms.